The molecule has 1 amide bonds. The third-order valence-electron chi connectivity index (χ3n) is 5.41. The second-order valence-corrected chi connectivity index (χ2v) is 7.36. The molecule has 0 fully saturated rings. The molecule has 0 spiro atoms. The number of nitrogens with zero attached hydrogens (tertiary/aromatic N) is 2. The Labute approximate surface area is 180 Å². The second-order valence-electron chi connectivity index (χ2n) is 7.36. The van der Waals surface area contributed by atoms with E-state index in [0.717, 1.165) is 12.1 Å². The van der Waals surface area contributed by atoms with Crippen molar-refractivity contribution >= 4 is 17.3 Å². The molecule has 5 rings (SSSR count). The van der Waals surface area contributed by atoms with Gasteiger partial charge in [-0.25, -0.2) is 13.2 Å². The largest absolute Gasteiger partial charge is 0.467 e. The Kier molecular flexibility index (Phi) is 4.82. The first-order valence-corrected chi connectivity index (χ1v) is 9.62. The number of ether oxygens (including phenoxy) is 2. The van der Waals surface area contributed by atoms with E-state index in [0.29, 0.717) is 33.7 Å². The first-order chi connectivity index (χ1) is 15.5. The van der Waals surface area contributed by atoms with Crippen LogP contribution in [-0.2, 0) is 22.7 Å². The fourth-order valence-electron chi connectivity index (χ4n) is 4.00. The van der Waals surface area contributed by atoms with Crippen LogP contribution < -0.4 is 9.64 Å². The Morgan fingerprint density at radius 2 is 1.81 bits per heavy atom. The van der Waals surface area contributed by atoms with Crippen LogP contribution in [0.15, 0.2) is 53.7 Å². The quantitative estimate of drug-likeness (QED) is 0.485. The lowest BCUT2D eigenvalue weighted by Crippen LogP contribution is -2.30. The molecule has 2 heterocycles. The zero-order valence-corrected chi connectivity index (χ0v) is 16.4. The highest BCUT2D eigenvalue weighted by atomic mass is 19.1. The summed E-state index contributed by atoms with van der Waals surface area (Å²) < 4.78 is 52.5. The van der Waals surface area contributed by atoms with Gasteiger partial charge in [0.15, 0.2) is 12.5 Å². The number of carbonyl (C=O) groups excluding carboxylic acids is 1. The van der Waals surface area contributed by atoms with Crippen LogP contribution in [0.3, 0.4) is 0 Å². The number of hydrogen-bond donors (Lipinski definition) is 1. The van der Waals surface area contributed by atoms with E-state index in [4.69, 9.17) is 9.47 Å². The summed E-state index contributed by atoms with van der Waals surface area (Å²) in [6.45, 7) is 0.0791. The van der Waals surface area contributed by atoms with Crippen molar-refractivity contribution in [2.45, 2.75) is 13.2 Å². The normalized spacial score (nSPS) is 16.2. The van der Waals surface area contributed by atoms with E-state index in [1.165, 1.54) is 35.2 Å². The Bertz CT molecular complexity index is 1290. The maximum absolute atomic E-state index is 14.3. The topological polar surface area (TPSA) is 71.4 Å². The molecule has 6 nitrogen and oxygen atoms in total. The lowest BCUT2D eigenvalue weighted by atomic mass is 10.0. The number of oxime groups is 1. The highest BCUT2D eigenvalue weighted by molar-refractivity contribution is 6.54. The molecule has 0 aliphatic carbocycles. The molecule has 9 heteroatoms. The van der Waals surface area contributed by atoms with Gasteiger partial charge < -0.3 is 19.6 Å². The Hall–Kier alpha value is -3.85. The van der Waals surface area contributed by atoms with Crippen LogP contribution in [0, 0.1) is 17.5 Å². The number of fused-ring (bicyclic) bond motifs is 2. The van der Waals surface area contributed by atoms with Crippen molar-refractivity contribution in [3.63, 3.8) is 0 Å². The van der Waals surface area contributed by atoms with E-state index in [9.17, 15) is 23.2 Å². The minimum Gasteiger partial charge on any atom is -0.467 e. The summed E-state index contributed by atoms with van der Waals surface area (Å²) in [7, 11) is 0. The predicted octanol–water partition coefficient (Wildman–Crippen LogP) is 4.36. The molecule has 0 unspecified atom stereocenters. The van der Waals surface area contributed by atoms with E-state index >= 15 is 0 Å². The molecule has 3 aromatic rings. The Morgan fingerprint density at radius 3 is 2.59 bits per heavy atom. The number of carbonyl (C=O) groups is 1. The minimum atomic E-state index is -0.760. The van der Waals surface area contributed by atoms with Crippen LogP contribution in [0.5, 0.6) is 5.75 Å². The molecule has 2 aliphatic rings. The maximum atomic E-state index is 14.3. The molecule has 0 bridgehead atoms. The van der Waals surface area contributed by atoms with Crippen LogP contribution in [0.25, 0.3) is 11.1 Å². The van der Waals surface area contributed by atoms with Gasteiger partial charge in [0.05, 0.1) is 18.8 Å². The van der Waals surface area contributed by atoms with Gasteiger partial charge in [-0.05, 0) is 42.0 Å². The minimum absolute atomic E-state index is 0.00644. The average molecular weight is 440 g/mol. The molecule has 0 radical (unpaired) electrons. The van der Waals surface area contributed by atoms with Crippen molar-refractivity contribution in [1.29, 1.82) is 0 Å². The summed E-state index contributed by atoms with van der Waals surface area (Å²) in [5, 5.41) is 12.5. The SMILES string of the molecule is O=C1/C(=N\O)c2ccc(-c3ccc(F)cc3F)cc2N1Cc1cc(F)cc2c1OCOC2. The molecular weight excluding hydrogens is 425 g/mol. The summed E-state index contributed by atoms with van der Waals surface area (Å²) >= 11 is 0. The van der Waals surface area contributed by atoms with Gasteiger partial charge in [0.25, 0.3) is 5.91 Å². The highest BCUT2D eigenvalue weighted by Crippen LogP contribution is 2.38. The molecular formula is C23H15F3N2O4. The molecule has 1 N–H and O–H groups in total. The van der Waals surface area contributed by atoms with Crippen LogP contribution in [0.2, 0.25) is 0 Å². The van der Waals surface area contributed by atoms with Crippen LogP contribution in [0.4, 0.5) is 18.9 Å². The van der Waals surface area contributed by atoms with Gasteiger partial charge in [-0.1, -0.05) is 11.2 Å². The van der Waals surface area contributed by atoms with Gasteiger partial charge in [-0.15, -0.1) is 0 Å². The van der Waals surface area contributed by atoms with E-state index in [1.807, 2.05) is 0 Å². The molecule has 0 aromatic heterocycles. The fourth-order valence-corrected chi connectivity index (χ4v) is 4.00. The van der Waals surface area contributed by atoms with Gasteiger partial charge in [0, 0.05) is 28.3 Å². The molecule has 0 saturated carbocycles. The molecule has 0 atom stereocenters. The number of benzene rings is 3. The van der Waals surface area contributed by atoms with Gasteiger partial charge >= 0.3 is 0 Å². The fraction of sp³-hybridized carbons (Fsp3) is 0.130. The lowest BCUT2D eigenvalue weighted by Gasteiger charge is -2.24. The standard InChI is InChI=1S/C23H15F3N2O4/c24-15-2-4-17(19(26)8-15)12-1-3-18-20(7-12)28(23(29)21(18)27-30)9-13-5-16(25)6-14-10-31-11-32-22(13)14/h1-8,30H,9-11H2/b27-21-. The first-order valence-electron chi connectivity index (χ1n) is 9.62. The summed E-state index contributed by atoms with van der Waals surface area (Å²) in [6, 6.07) is 10.4. The number of amides is 1. The van der Waals surface area contributed by atoms with Crippen molar-refractivity contribution in [3.8, 4) is 16.9 Å². The molecule has 32 heavy (non-hydrogen) atoms. The van der Waals surface area contributed by atoms with Crippen LogP contribution >= 0.6 is 0 Å². The van der Waals surface area contributed by atoms with Crippen LogP contribution in [-0.4, -0.2) is 23.6 Å². The predicted molar refractivity (Wildman–Crippen MR) is 108 cm³/mol. The van der Waals surface area contributed by atoms with Gasteiger partial charge in [0.2, 0.25) is 0 Å². The van der Waals surface area contributed by atoms with E-state index in [1.54, 1.807) is 6.07 Å². The monoisotopic (exact) mass is 440 g/mol. The highest BCUT2D eigenvalue weighted by Gasteiger charge is 2.36. The number of hydrogen-bond acceptors (Lipinski definition) is 5. The first kappa shape index (κ1) is 20.1. The summed E-state index contributed by atoms with van der Waals surface area (Å²) in [5.74, 6) is -2.17. The average Bonchev–Trinajstić information content (AvgIpc) is 3.03. The summed E-state index contributed by atoms with van der Waals surface area (Å²) in [6.07, 6.45) is 0. The molecule has 3 aromatic carbocycles. The third kappa shape index (κ3) is 3.27. The second kappa shape index (κ2) is 7.69. The van der Waals surface area contributed by atoms with Gasteiger partial charge in [-0.3, -0.25) is 4.79 Å². The Morgan fingerprint density at radius 1 is 1.00 bits per heavy atom. The van der Waals surface area contributed by atoms with E-state index in [2.05, 4.69) is 5.16 Å². The summed E-state index contributed by atoms with van der Waals surface area (Å²) in [4.78, 5) is 14.3. The number of rotatable bonds is 3. The van der Waals surface area contributed by atoms with E-state index in [-0.39, 0.29) is 31.2 Å². The smallest absolute Gasteiger partial charge is 0.281 e. The van der Waals surface area contributed by atoms with Crippen molar-refractivity contribution in [3.05, 3.63) is 82.7 Å². The van der Waals surface area contributed by atoms with Crippen molar-refractivity contribution < 1.29 is 32.6 Å². The van der Waals surface area contributed by atoms with Crippen molar-refractivity contribution in [1.82, 2.24) is 0 Å². The lowest BCUT2D eigenvalue weighted by molar-refractivity contribution is -0.112. The molecule has 0 saturated heterocycles. The van der Waals surface area contributed by atoms with Crippen LogP contribution in [0.1, 0.15) is 16.7 Å². The molecule has 162 valence electrons. The maximum Gasteiger partial charge on any atom is 0.281 e. The van der Waals surface area contributed by atoms with Crippen molar-refractivity contribution in [2.75, 3.05) is 11.7 Å². The van der Waals surface area contributed by atoms with Gasteiger partial charge in [-0.2, -0.15) is 0 Å². The molecule has 2 aliphatic heterocycles. The number of halogens is 3. The van der Waals surface area contributed by atoms with Crippen molar-refractivity contribution in [2.24, 2.45) is 5.16 Å². The Balaban J connectivity index is 1.60. The zero-order valence-electron chi connectivity index (χ0n) is 16.4. The van der Waals surface area contributed by atoms with E-state index < -0.39 is 23.4 Å². The number of anilines is 1. The summed E-state index contributed by atoms with van der Waals surface area (Å²) in [5.41, 5.74) is 1.92. The third-order valence-corrected chi connectivity index (χ3v) is 5.41. The zero-order chi connectivity index (χ0) is 22.4. The van der Waals surface area contributed by atoms with Gasteiger partial charge in [0.1, 0.15) is 23.2 Å².